The third kappa shape index (κ3) is 2.97. The number of aromatic nitrogens is 1. The summed E-state index contributed by atoms with van der Waals surface area (Å²) in [5.74, 6) is 0.493. The lowest BCUT2D eigenvalue weighted by atomic mass is 10.2. The van der Waals surface area contributed by atoms with Crippen LogP contribution in [-0.4, -0.2) is 25.1 Å². The second-order valence-corrected chi connectivity index (χ2v) is 4.79. The molecule has 100 valence electrons. The number of hydrogen-bond acceptors (Lipinski definition) is 5. The van der Waals surface area contributed by atoms with Crippen molar-refractivity contribution in [2.75, 3.05) is 19.5 Å². The Morgan fingerprint density at radius 1 is 1.37 bits per heavy atom. The zero-order chi connectivity index (χ0) is 13.8. The smallest absolute Gasteiger partial charge is 0.257 e. The highest BCUT2D eigenvalue weighted by Crippen LogP contribution is 2.36. The van der Waals surface area contributed by atoms with E-state index in [2.05, 4.69) is 10.3 Å². The Kier molecular flexibility index (Phi) is 4.24. The molecule has 19 heavy (non-hydrogen) atoms. The molecule has 0 radical (unpaired) electrons. The van der Waals surface area contributed by atoms with Crippen LogP contribution in [0.2, 0.25) is 5.02 Å². The summed E-state index contributed by atoms with van der Waals surface area (Å²) in [4.78, 5) is 16.0. The number of benzene rings is 1. The topological polar surface area (TPSA) is 60.5 Å². The number of carbonyl (C=O) groups is 1. The van der Waals surface area contributed by atoms with E-state index in [9.17, 15) is 4.79 Å². The standard InChI is InChI=1S/C12H11ClN2O3S/c1-17-9-6-7(5-8(13)10(9)18-2)11(16)15-12-14-3-4-19-12/h3-6H,1-2H3,(H,14,15,16). The maximum absolute atomic E-state index is 12.0. The lowest BCUT2D eigenvalue weighted by Gasteiger charge is -2.11. The molecule has 1 N–H and O–H groups in total. The Balaban J connectivity index is 2.29. The first-order valence-corrected chi connectivity index (χ1v) is 6.54. The molecule has 1 aromatic heterocycles. The molecular formula is C12H11ClN2O3S. The molecule has 0 spiro atoms. The van der Waals surface area contributed by atoms with Crippen molar-refractivity contribution >= 4 is 34.0 Å². The molecule has 0 unspecified atom stereocenters. The van der Waals surface area contributed by atoms with Crippen molar-refractivity contribution in [2.45, 2.75) is 0 Å². The number of ether oxygens (including phenoxy) is 2. The molecule has 0 atom stereocenters. The zero-order valence-electron chi connectivity index (χ0n) is 10.3. The number of anilines is 1. The summed E-state index contributed by atoms with van der Waals surface area (Å²) in [7, 11) is 2.97. The van der Waals surface area contributed by atoms with Gasteiger partial charge in [-0.1, -0.05) is 11.6 Å². The summed E-state index contributed by atoms with van der Waals surface area (Å²) >= 11 is 7.38. The van der Waals surface area contributed by atoms with Crippen LogP contribution >= 0.6 is 22.9 Å². The molecule has 0 saturated carbocycles. The van der Waals surface area contributed by atoms with Crippen molar-refractivity contribution in [3.05, 3.63) is 34.3 Å². The molecular weight excluding hydrogens is 288 g/mol. The minimum Gasteiger partial charge on any atom is -0.493 e. The SMILES string of the molecule is COc1cc(C(=O)Nc2nccs2)cc(Cl)c1OC. The van der Waals surface area contributed by atoms with Crippen LogP contribution in [0, 0.1) is 0 Å². The lowest BCUT2D eigenvalue weighted by molar-refractivity contribution is 0.102. The molecule has 0 fully saturated rings. The molecule has 1 amide bonds. The summed E-state index contributed by atoms with van der Waals surface area (Å²) in [5.41, 5.74) is 0.373. The van der Waals surface area contributed by atoms with Gasteiger partial charge in [0.1, 0.15) is 0 Å². The fourth-order valence-electron chi connectivity index (χ4n) is 1.50. The van der Waals surface area contributed by atoms with E-state index in [-0.39, 0.29) is 5.91 Å². The monoisotopic (exact) mass is 298 g/mol. The fourth-order valence-corrected chi connectivity index (χ4v) is 2.32. The summed E-state index contributed by atoms with van der Waals surface area (Å²) in [6.45, 7) is 0. The first kappa shape index (κ1) is 13.6. The number of nitrogens with zero attached hydrogens (tertiary/aromatic N) is 1. The number of amides is 1. The largest absolute Gasteiger partial charge is 0.493 e. The predicted molar refractivity (Wildman–Crippen MR) is 74.6 cm³/mol. The lowest BCUT2D eigenvalue weighted by Crippen LogP contribution is -2.12. The van der Waals surface area contributed by atoms with Crippen LogP contribution < -0.4 is 14.8 Å². The molecule has 2 aromatic rings. The van der Waals surface area contributed by atoms with Gasteiger partial charge in [-0.25, -0.2) is 4.98 Å². The maximum atomic E-state index is 12.0. The third-order valence-electron chi connectivity index (χ3n) is 2.35. The van der Waals surface area contributed by atoms with Crippen LogP contribution in [0.1, 0.15) is 10.4 Å². The van der Waals surface area contributed by atoms with E-state index in [0.29, 0.717) is 27.2 Å². The highest BCUT2D eigenvalue weighted by atomic mass is 35.5. The van der Waals surface area contributed by atoms with Gasteiger partial charge in [-0.2, -0.15) is 0 Å². The molecule has 2 rings (SSSR count). The number of thiazole rings is 1. The highest BCUT2D eigenvalue weighted by Gasteiger charge is 2.15. The molecule has 5 nitrogen and oxygen atoms in total. The van der Waals surface area contributed by atoms with Gasteiger partial charge in [0.15, 0.2) is 16.6 Å². The molecule has 0 aliphatic heterocycles. The number of carbonyl (C=O) groups excluding carboxylic acids is 1. The van der Waals surface area contributed by atoms with Crippen molar-refractivity contribution < 1.29 is 14.3 Å². The maximum Gasteiger partial charge on any atom is 0.257 e. The zero-order valence-corrected chi connectivity index (χ0v) is 11.8. The highest BCUT2D eigenvalue weighted by molar-refractivity contribution is 7.13. The number of hydrogen-bond donors (Lipinski definition) is 1. The minimum atomic E-state index is -0.308. The van der Waals surface area contributed by atoms with Gasteiger partial charge in [0.2, 0.25) is 0 Å². The van der Waals surface area contributed by atoms with Gasteiger partial charge >= 0.3 is 0 Å². The van der Waals surface area contributed by atoms with Gasteiger partial charge in [-0.3, -0.25) is 10.1 Å². The summed E-state index contributed by atoms with van der Waals surface area (Å²) in [5, 5.41) is 5.28. The van der Waals surface area contributed by atoms with Gasteiger partial charge in [-0.05, 0) is 12.1 Å². The summed E-state index contributed by atoms with van der Waals surface area (Å²) < 4.78 is 10.2. The summed E-state index contributed by atoms with van der Waals surface area (Å²) in [6, 6.07) is 3.08. The first-order valence-electron chi connectivity index (χ1n) is 5.28. The molecule has 0 bridgehead atoms. The second-order valence-electron chi connectivity index (χ2n) is 3.48. The predicted octanol–water partition coefficient (Wildman–Crippen LogP) is 3.07. The molecule has 0 saturated heterocycles. The van der Waals surface area contributed by atoms with E-state index in [0.717, 1.165) is 0 Å². The van der Waals surface area contributed by atoms with E-state index >= 15 is 0 Å². The Morgan fingerprint density at radius 3 is 2.74 bits per heavy atom. The molecule has 0 aliphatic rings. The Labute approximate surface area is 119 Å². The Morgan fingerprint density at radius 2 is 2.16 bits per heavy atom. The second kappa shape index (κ2) is 5.90. The normalized spacial score (nSPS) is 10.1. The van der Waals surface area contributed by atoms with E-state index in [1.54, 1.807) is 17.6 Å². The number of methoxy groups -OCH3 is 2. The summed E-state index contributed by atoms with van der Waals surface area (Å²) in [6.07, 6.45) is 1.61. The van der Waals surface area contributed by atoms with Gasteiger partial charge < -0.3 is 9.47 Å². The van der Waals surface area contributed by atoms with Crippen LogP contribution in [0.3, 0.4) is 0 Å². The van der Waals surface area contributed by atoms with E-state index in [1.807, 2.05) is 0 Å². The number of rotatable bonds is 4. The first-order chi connectivity index (χ1) is 9.15. The van der Waals surface area contributed by atoms with Gasteiger partial charge in [-0.15, -0.1) is 11.3 Å². The van der Waals surface area contributed by atoms with Gasteiger partial charge in [0, 0.05) is 17.1 Å². The van der Waals surface area contributed by atoms with Gasteiger partial charge in [0.05, 0.1) is 19.2 Å². The molecule has 1 heterocycles. The average Bonchev–Trinajstić information content (AvgIpc) is 2.90. The number of nitrogens with one attached hydrogen (secondary N) is 1. The Bertz CT molecular complexity index is 587. The van der Waals surface area contributed by atoms with Gasteiger partial charge in [0.25, 0.3) is 5.91 Å². The molecule has 7 heteroatoms. The molecule has 0 aliphatic carbocycles. The Hall–Kier alpha value is -1.79. The quantitative estimate of drug-likeness (QED) is 0.942. The van der Waals surface area contributed by atoms with Crippen LogP contribution in [-0.2, 0) is 0 Å². The van der Waals surface area contributed by atoms with Crippen molar-refractivity contribution in [1.82, 2.24) is 4.98 Å². The van der Waals surface area contributed by atoms with E-state index in [1.165, 1.54) is 31.6 Å². The van der Waals surface area contributed by atoms with Crippen molar-refractivity contribution in [3.8, 4) is 11.5 Å². The van der Waals surface area contributed by atoms with Crippen LogP contribution in [0.25, 0.3) is 0 Å². The van der Waals surface area contributed by atoms with E-state index < -0.39 is 0 Å². The van der Waals surface area contributed by atoms with Crippen LogP contribution in [0.5, 0.6) is 11.5 Å². The molecule has 1 aromatic carbocycles. The van der Waals surface area contributed by atoms with E-state index in [4.69, 9.17) is 21.1 Å². The fraction of sp³-hybridized carbons (Fsp3) is 0.167. The average molecular weight is 299 g/mol. The van der Waals surface area contributed by atoms with Crippen molar-refractivity contribution in [1.29, 1.82) is 0 Å². The third-order valence-corrected chi connectivity index (χ3v) is 3.32. The minimum absolute atomic E-state index is 0.308. The number of halogens is 1. The van der Waals surface area contributed by atoms with Crippen LogP contribution in [0.4, 0.5) is 5.13 Å². The van der Waals surface area contributed by atoms with Crippen molar-refractivity contribution in [3.63, 3.8) is 0 Å². The van der Waals surface area contributed by atoms with Crippen LogP contribution in [0.15, 0.2) is 23.7 Å². The van der Waals surface area contributed by atoms with Crippen molar-refractivity contribution in [2.24, 2.45) is 0 Å².